The minimum absolute atomic E-state index is 0.0926. The number of carbonyl (C=O) groups is 1. The number of fused-ring (bicyclic) bond motifs is 1. The van der Waals surface area contributed by atoms with Crippen molar-refractivity contribution in [3.05, 3.63) is 59.8 Å². The monoisotopic (exact) mass is 421 g/mol. The summed E-state index contributed by atoms with van der Waals surface area (Å²) in [5, 5.41) is 12.2. The third-order valence-electron chi connectivity index (χ3n) is 5.42. The van der Waals surface area contributed by atoms with Crippen LogP contribution in [0.2, 0.25) is 0 Å². The van der Waals surface area contributed by atoms with Gasteiger partial charge in [-0.1, -0.05) is 0 Å². The smallest absolute Gasteiger partial charge is 0.267 e. The molecule has 2 aliphatic heterocycles. The largest absolute Gasteiger partial charge is 0.497 e. The molecule has 4 rings (SSSR count). The Labute approximate surface area is 181 Å². The molecule has 0 atom stereocenters. The molecule has 0 bridgehead atoms. The van der Waals surface area contributed by atoms with Crippen molar-refractivity contribution in [3.63, 3.8) is 0 Å². The lowest BCUT2D eigenvalue weighted by Crippen LogP contribution is -3.13. The summed E-state index contributed by atoms with van der Waals surface area (Å²) in [5.41, 5.74) is 1.92. The van der Waals surface area contributed by atoms with Gasteiger partial charge in [-0.3, -0.25) is 4.79 Å². The SMILES string of the molecule is COc1ccc(NC(=O)/C(C#N)=C/N2CC[NH+](Cc3ccc4c(c3)OCO4)CC2)cc1. The van der Waals surface area contributed by atoms with Crippen molar-refractivity contribution in [3.8, 4) is 23.3 Å². The number of carbonyl (C=O) groups excluding carboxylic acids is 1. The quantitative estimate of drug-likeness (QED) is 0.538. The van der Waals surface area contributed by atoms with E-state index in [1.165, 1.54) is 10.5 Å². The molecular weight excluding hydrogens is 396 g/mol. The van der Waals surface area contributed by atoms with Crippen molar-refractivity contribution in [1.29, 1.82) is 5.26 Å². The summed E-state index contributed by atoms with van der Waals surface area (Å²) in [4.78, 5) is 16.0. The zero-order valence-electron chi connectivity index (χ0n) is 17.4. The first-order valence-corrected chi connectivity index (χ1v) is 10.2. The lowest BCUT2D eigenvalue weighted by Gasteiger charge is -2.31. The number of anilines is 1. The van der Waals surface area contributed by atoms with Crippen molar-refractivity contribution in [1.82, 2.24) is 4.90 Å². The van der Waals surface area contributed by atoms with Gasteiger partial charge in [-0.25, -0.2) is 0 Å². The third kappa shape index (κ3) is 5.08. The van der Waals surface area contributed by atoms with Crippen LogP contribution in [0.1, 0.15) is 5.56 Å². The van der Waals surface area contributed by atoms with Crippen molar-refractivity contribution in [2.75, 3.05) is 45.4 Å². The van der Waals surface area contributed by atoms with Gasteiger partial charge in [0.2, 0.25) is 6.79 Å². The molecule has 0 unspecified atom stereocenters. The first-order valence-electron chi connectivity index (χ1n) is 10.2. The molecule has 0 radical (unpaired) electrons. The minimum atomic E-state index is -0.414. The van der Waals surface area contributed by atoms with Gasteiger partial charge >= 0.3 is 0 Å². The van der Waals surface area contributed by atoms with Gasteiger partial charge in [0.1, 0.15) is 23.9 Å². The zero-order chi connectivity index (χ0) is 21.6. The number of hydrogen-bond acceptors (Lipinski definition) is 6. The van der Waals surface area contributed by atoms with E-state index in [9.17, 15) is 10.1 Å². The summed E-state index contributed by atoms with van der Waals surface area (Å²) >= 11 is 0. The van der Waals surface area contributed by atoms with E-state index in [4.69, 9.17) is 14.2 Å². The van der Waals surface area contributed by atoms with Gasteiger partial charge in [-0.2, -0.15) is 5.26 Å². The fourth-order valence-electron chi connectivity index (χ4n) is 3.68. The van der Waals surface area contributed by atoms with Gasteiger partial charge < -0.3 is 29.3 Å². The van der Waals surface area contributed by atoms with E-state index in [-0.39, 0.29) is 12.4 Å². The van der Waals surface area contributed by atoms with Crippen LogP contribution in [0.15, 0.2) is 54.2 Å². The molecule has 8 nitrogen and oxygen atoms in total. The number of nitrogens with zero attached hydrogens (tertiary/aromatic N) is 2. The number of hydrogen-bond donors (Lipinski definition) is 2. The Morgan fingerprint density at radius 3 is 2.65 bits per heavy atom. The van der Waals surface area contributed by atoms with Crippen molar-refractivity contribution < 1.29 is 23.9 Å². The fourth-order valence-corrected chi connectivity index (χ4v) is 3.68. The first kappa shape index (κ1) is 20.6. The lowest BCUT2D eigenvalue weighted by molar-refractivity contribution is -0.917. The Bertz CT molecular complexity index is 1010. The van der Waals surface area contributed by atoms with Crippen molar-refractivity contribution >= 4 is 11.6 Å². The molecule has 0 aliphatic carbocycles. The second kappa shape index (κ2) is 9.41. The Kier molecular flexibility index (Phi) is 6.24. The molecule has 31 heavy (non-hydrogen) atoms. The molecule has 2 aromatic carbocycles. The molecule has 2 heterocycles. The van der Waals surface area contributed by atoms with E-state index in [0.29, 0.717) is 11.4 Å². The Morgan fingerprint density at radius 1 is 1.19 bits per heavy atom. The normalized spacial score (nSPS) is 16.0. The number of benzene rings is 2. The highest BCUT2D eigenvalue weighted by atomic mass is 16.7. The van der Waals surface area contributed by atoms with E-state index in [1.54, 1.807) is 37.6 Å². The van der Waals surface area contributed by atoms with Gasteiger partial charge in [0.25, 0.3) is 5.91 Å². The molecule has 2 aliphatic rings. The highest BCUT2D eigenvalue weighted by molar-refractivity contribution is 6.06. The topological polar surface area (TPSA) is 88.3 Å². The summed E-state index contributed by atoms with van der Waals surface area (Å²) in [6.07, 6.45) is 1.66. The van der Waals surface area contributed by atoms with Crippen LogP contribution in [0.4, 0.5) is 5.69 Å². The highest BCUT2D eigenvalue weighted by Crippen LogP contribution is 2.32. The zero-order valence-corrected chi connectivity index (χ0v) is 17.4. The van der Waals surface area contributed by atoms with Gasteiger partial charge in [0.05, 0.1) is 33.3 Å². The Balaban J connectivity index is 1.30. The second-order valence-corrected chi connectivity index (χ2v) is 7.49. The molecule has 0 spiro atoms. The van der Waals surface area contributed by atoms with Crippen LogP contribution in [0.5, 0.6) is 17.2 Å². The maximum Gasteiger partial charge on any atom is 0.267 e. The average molecular weight is 421 g/mol. The Morgan fingerprint density at radius 2 is 1.94 bits per heavy atom. The summed E-state index contributed by atoms with van der Waals surface area (Å²) in [6.45, 7) is 4.58. The molecule has 8 heteroatoms. The number of methoxy groups -OCH3 is 1. The first-order chi connectivity index (χ1) is 15.1. The number of nitriles is 1. The number of nitrogens with one attached hydrogen (secondary N) is 2. The van der Waals surface area contributed by atoms with Crippen LogP contribution in [0, 0.1) is 11.3 Å². The van der Waals surface area contributed by atoms with Crippen LogP contribution < -0.4 is 24.4 Å². The standard InChI is InChI=1S/C23H24N4O4/c1-29-20-5-3-19(4-6-20)25-23(28)18(13-24)15-27-10-8-26(9-11-27)14-17-2-7-21-22(12-17)31-16-30-21/h2-7,12,15H,8-11,14,16H2,1H3,(H,25,28)/p+1/b18-15+. The molecule has 2 N–H and O–H groups in total. The number of ether oxygens (including phenoxy) is 3. The number of rotatable bonds is 6. The number of piperazine rings is 1. The molecule has 1 fully saturated rings. The van der Waals surface area contributed by atoms with Crippen molar-refractivity contribution in [2.45, 2.75) is 6.54 Å². The van der Waals surface area contributed by atoms with E-state index < -0.39 is 5.91 Å². The average Bonchev–Trinajstić information content (AvgIpc) is 3.27. The molecular formula is C23H25N4O4+. The maximum atomic E-state index is 12.5. The van der Waals surface area contributed by atoms with E-state index in [2.05, 4.69) is 11.4 Å². The fraction of sp³-hybridized carbons (Fsp3) is 0.304. The molecule has 2 aromatic rings. The Hall–Kier alpha value is -3.70. The van der Waals surface area contributed by atoms with Crippen molar-refractivity contribution in [2.24, 2.45) is 0 Å². The van der Waals surface area contributed by atoms with Crippen LogP contribution in [0.25, 0.3) is 0 Å². The van der Waals surface area contributed by atoms with Crippen LogP contribution in [-0.4, -0.2) is 50.9 Å². The summed E-state index contributed by atoms with van der Waals surface area (Å²) in [5.74, 6) is 1.89. The predicted octanol–water partition coefficient (Wildman–Crippen LogP) is 1.17. The van der Waals surface area contributed by atoms with Crippen LogP contribution in [0.3, 0.4) is 0 Å². The molecule has 1 amide bonds. The van der Waals surface area contributed by atoms with Gasteiger partial charge in [0.15, 0.2) is 11.5 Å². The van der Waals surface area contributed by atoms with Crippen LogP contribution >= 0.6 is 0 Å². The number of quaternary nitrogens is 1. The minimum Gasteiger partial charge on any atom is -0.497 e. The second-order valence-electron chi connectivity index (χ2n) is 7.49. The highest BCUT2D eigenvalue weighted by Gasteiger charge is 2.21. The molecule has 0 saturated carbocycles. The maximum absolute atomic E-state index is 12.5. The predicted molar refractivity (Wildman–Crippen MR) is 114 cm³/mol. The third-order valence-corrected chi connectivity index (χ3v) is 5.42. The van der Waals surface area contributed by atoms with E-state index in [1.807, 2.05) is 23.1 Å². The van der Waals surface area contributed by atoms with E-state index >= 15 is 0 Å². The van der Waals surface area contributed by atoms with Gasteiger partial charge in [0, 0.05) is 17.5 Å². The van der Waals surface area contributed by atoms with E-state index in [0.717, 1.165) is 44.2 Å². The lowest BCUT2D eigenvalue weighted by atomic mass is 10.1. The summed E-state index contributed by atoms with van der Waals surface area (Å²) < 4.78 is 15.9. The molecule has 1 saturated heterocycles. The summed E-state index contributed by atoms with van der Waals surface area (Å²) in [6, 6.07) is 15.1. The number of amides is 1. The van der Waals surface area contributed by atoms with Gasteiger partial charge in [-0.05, 0) is 42.5 Å². The molecule has 160 valence electrons. The molecule has 0 aromatic heterocycles. The van der Waals surface area contributed by atoms with Gasteiger partial charge in [-0.15, -0.1) is 0 Å². The summed E-state index contributed by atoms with van der Waals surface area (Å²) in [7, 11) is 1.58. The van der Waals surface area contributed by atoms with Crippen LogP contribution in [-0.2, 0) is 11.3 Å².